The van der Waals surface area contributed by atoms with E-state index in [9.17, 15) is 0 Å². The Morgan fingerprint density at radius 2 is 1.32 bits per heavy atom. The van der Waals surface area contributed by atoms with Crippen molar-refractivity contribution < 1.29 is 4.42 Å². The Labute approximate surface area is 154 Å². The normalized spacial score (nSPS) is 49.2. The molecule has 0 saturated heterocycles. The van der Waals surface area contributed by atoms with Crippen molar-refractivity contribution in [2.45, 2.75) is 90.9 Å². The van der Waals surface area contributed by atoms with Crippen molar-refractivity contribution in [2.75, 3.05) is 0 Å². The molecule has 138 valence electrons. The minimum absolute atomic E-state index is 0.280. The minimum Gasteiger partial charge on any atom is -0.468 e. The Kier molecular flexibility index (Phi) is 3.01. The summed E-state index contributed by atoms with van der Waals surface area (Å²) in [6, 6.07) is 2.38. The third kappa shape index (κ3) is 1.52. The predicted molar refractivity (Wildman–Crippen MR) is 103 cm³/mol. The zero-order chi connectivity index (χ0) is 17.8. The number of fused-ring (bicyclic) bond motifs is 4. The maximum absolute atomic E-state index is 6.44. The molecular formula is C24H36O. The van der Waals surface area contributed by atoms with Crippen molar-refractivity contribution in [3.05, 3.63) is 23.7 Å². The van der Waals surface area contributed by atoms with Gasteiger partial charge in [-0.2, -0.15) is 0 Å². The molecule has 4 bridgehead atoms. The van der Waals surface area contributed by atoms with Crippen LogP contribution in [0.2, 0.25) is 0 Å². The van der Waals surface area contributed by atoms with E-state index in [1.807, 2.05) is 6.26 Å². The molecule has 1 aromatic heterocycles. The maximum atomic E-state index is 6.44. The van der Waals surface area contributed by atoms with Crippen LogP contribution in [0.4, 0.5) is 0 Å². The van der Waals surface area contributed by atoms with Crippen molar-refractivity contribution in [1.29, 1.82) is 0 Å². The zero-order valence-corrected chi connectivity index (χ0v) is 17.1. The molecule has 6 aliphatic rings. The van der Waals surface area contributed by atoms with E-state index < -0.39 is 0 Å². The molecule has 1 nitrogen and oxygen atoms in total. The summed E-state index contributed by atoms with van der Waals surface area (Å²) in [5.41, 5.74) is 3.05. The first-order valence-electron chi connectivity index (χ1n) is 10.8. The molecule has 6 unspecified atom stereocenters. The van der Waals surface area contributed by atoms with Crippen LogP contribution >= 0.6 is 0 Å². The van der Waals surface area contributed by atoms with Gasteiger partial charge in [0.05, 0.1) is 6.26 Å². The highest BCUT2D eigenvalue weighted by atomic mass is 16.3. The van der Waals surface area contributed by atoms with E-state index >= 15 is 0 Å². The van der Waals surface area contributed by atoms with Gasteiger partial charge >= 0.3 is 0 Å². The predicted octanol–water partition coefficient (Wildman–Crippen LogP) is 6.71. The fourth-order valence-electron chi connectivity index (χ4n) is 8.61. The largest absolute Gasteiger partial charge is 0.468 e. The van der Waals surface area contributed by atoms with E-state index in [2.05, 4.69) is 47.6 Å². The second-order valence-electron chi connectivity index (χ2n) is 11.3. The van der Waals surface area contributed by atoms with Crippen LogP contribution in [0.1, 0.15) is 91.4 Å². The first-order valence-corrected chi connectivity index (χ1v) is 10.8. The van der Waals surface area contributed by atoms with Crippen LogP contribution in [0.15, 0.2) is 16.7 Å². The molecule has 0 radical (unpaired) electrons. The van der Waals surface area contributed by atoms with Gasteiger partial charge in [-0.25, -0.2) is 0 Å². The summed E-state index contributed by atoms with van der Waals surface area (Å²) in [5, 5.41) is 0. The van der Waals surface area contributed by atoms with Gasteiger partial charge in [-0.05, 0) is 79.1 Å². The lowest BCUT2D eigenvalue weighted by Crippen LogP contribution is -2.68. The molecule has 1 heterocycles. The standard InChI is InChI=1S/C24H36O/c1-15-7-9-17-13-23(15,21(17,3)4)19-11-12-25-20(19)24-14-18(22(24,5)6)10-8-16(24)2/h11-12,15-18H,7-10,13-14H2,1-6H3. The first kappa shape index (κ1) is 16.5. The number of furan rings is 1. The van der Waals surface area contributed by atoms with E-state index in [1.54, 1.807) is 5.56 Å². The third-order valence-electron chi connectivity index (χ3n) is 10.6. The van der Waals surface area contributed by atoms with E-state index in [0.29, 0.717) is 16.2 Å². The molecule has 6 atom stereocenters. The fourth-order valence-corrected chi connectivity index (χ4v) is 8.61. The summed E-state index contributed by atoms with van der Waals surface area (Å²) in [4.78, 5) is 0. The second kappa shape index (κ2) is 4.57. The van der Waals surface area contributed by atoms with Gasteiger partial charge in [0.15, 0.2) is 0 Å². The van der Waals surface area contributed by atoms with Crippen LogP contribution in [0.3, 0.4) is 0 Å². The molecule has 6 saturated carbocycles. The Hall–Kier alpha value is -0.720. The molecule has 6 fully saturated rings. The van der Waals surface area contributed by atoms with Gasteiger partial charge in [-0.3, -0.25) is 0 Å². The summed E-state index contributed by atoms with van der Waals surface area (Å²) < 4.78 is 6.44. The molecule has 0 N–H and O–H groups in total. The molecule has 0 aromatic carbocycles. The lowest BCUT2D eigenvalue weighted by atomic mass is 9.32. The fraction of sp³-hybridized carbons (Fsp3) is 0.833. The molecule has 7 rings (SSSR count). The van der Waals surface area contributed by atoms with Crippen molar-refractivity contribution in [3.8, 4) is 0 Å². The number of hydrogen-bond acceptors (Lipinski definition) is 1. The Morgan fingerprint density at radius 3 is 1.80 bits per heavy atom. The van der Waals surface area contributed by atoms with Gasteiger partial charge in [0, 0.05) is 16.4 Å². The average molecular weight is 341 g/mol. The van der Waals surface area contributed by atoms with Gasteiger partial charge in [-0.1, -0.05) is 41.5 Å². The highest BCUT2D eigenvalue weighted by Gasteiger charge is 2.71. The van der Waals surface area contributed by atoms with Crippen LogP contribution in [0, 0.1) is 34.5 Å². The van der Waals surface area contributed by atoms with Gasteiger partial charge in [0.25, 0.3) is 0 Å². The Bertz CT molecular complexity index is 651. The van der Waals surface area contributed by atoms with E-state index in [-0.39, 0.29) is 5.41 Å². The molecule has 0 aliphatic heterocycles. The minimum atomic E-state index is 0.280. The van der Waals surface area contributed by atoms with Crippen LogP contribution in [-0.2, 0) is 10.8 Å². The summed E-state index contributed by atoms with van der Waals surface area (Å²) in [6.07, 6.45) is 10.4. The van der Waals surface area contributed by atoms with Crippen LogP contribution in [0.25, 0.3) is 0 Å². The maximum Gasteiger partial charge on any atom is 0.114 e. The number of rotatable bonds is 2. The van der Waals surface area contributed by atoms with Crippen molar-refractivity contribution in [1.82, 2.24) is 0 Å². The summed E-state index contributed by atoms with van der Waals surface area (Å²) in [6.45, 7) is 15.2. The lowest BCUT2D eigenvalue weighted by Gasteiger charge is -2.71. The van der Waals surface area contributed by atoms with Crippen molar-refractivity contribution >= 4 is 0 Å². The van der Waals surface area contributed by atoms with Crippen LogP contribution < -0.4 is 0 Å². The van der Waals surface area contributed by atoms with Gasteiger partial charge in [0.2, 0.25) is 0 Å². The van der Waals surface area contributed by atoms with Gasteiger partial charge in [-0.15, -0.1) is 0 Å². The van der Waals surface area contributed by atoms with E-state index in [0.717, 1.165) is 23.7 Å². The SMILES string of the molecule is CC1CCC2CC1(c1ccoc1C13CC(CCC1C)C3(C)C)C2(C)C. The quantitative estimate of drug-likeness (QED) is 0.583. The monoisotopic (exact) mass is 340 g/mol. The van der Waals surface area contributed by atoms with Crippen LogP contribution in [0.5, 0.6) is 0 Å². The smallest absolute Gasteiger partial charge is 0.114 e. The summed E-state index contributed by atoms with van der Waals surface area (Å²) >= 11 is 0. The molecule has 25 heavy (non-hydrogen) atoms. The van der Waals surface area contributed by atoms with Gasteiger partial charge in [0.1, 0.15) is 5.76 Å². The highest BCUT2D eigenvalue weighted by Crippen LogP contribution is 2.75. The molecular weight excluding hydrogens is 304 g/mol. The van der Waals surface area contributed by atoms with Crippen LogP contribution in [-0.4, -0.2) is 0 Å². The van der Waals surface area contributed by atoms with Crippen molar-refractivity contribution in [3.63, 3.8) is 0 Å². The average Bonchev–Trinajstić information content (AvgIpc) is 3.03. The molecule has 0 spiro atoms. The van der Waals surface area contributed by atoms with Gasteiger partial charge < -0.3 is 4.42 Å². The molecule has 6 aliphatic carbocycles. The molecule has 1 heteroatoms. The zero-order valence-electron chi connectivity index (χ0n) is 17.1. The summed E-state index contributed by atoms with van der Waals surface area (Å²) in [7, 11) is 0. The first-order chi connectivity index (χ1) is 11.7. The Morgan fingerprint density at radius 1 is 0.800 bits per heavy atom. The Balaban J connectivity index is 1.67. The highest BCUT2D eigenvalue weighted by molar-refractivity contribution is 5.44. The second-order valence-corrected chi connectivity index (χ2v) is 11.3. The lowest BCUT2D eigenvalue weighted by molar-refractivity contribution is -0.156. The summed E-state index contributed by atoms with van der Waals surface area (Å²) in [5.74, 6) is 4.73. The van der Waals surface area contributed by atoms with E-state index in [4.69, 9.17) is 4.42 Å². The van der Waals surface area contributed by atoms with Crippen molar-refractivity contribution in [2.24, 2.45) is 34.5 Å². The third-order valence-corrected chi connectivity index (χ3v) is 10.6. The molecule has 1 aromatic rings. The number of hydrogen-bond donors (Lipinski definition) is 0. The molecule has 0 amide bonds. The topological polar surface area (TPSA) is 13.1 Å². The van der Waals surface area contributed by atoms with E-state index in [1.165, 1.54) is 44.3 Å².